The number of aliphatic carboxylic acids is 1. The van der Waals surface area contributed by atoms with E-state index in [0.29, 0.717) is 17.2 Å². The van der Waals surface area contributed by atoms with Crippen molar-refractivity contribution in [3.8, 4) is 5.75 Å². The smallest absolute Gasteiger partial charge is 0.481 e. The zero-order valence-electron chi connectivity index (χ0n) is 21.8. The number of nitrogens with one attached hydrogen (secondary N) is 2. The van der Waals surface area contributed by atoms with Gasteiger partial charge in [-0.25, -0.2) is 4.79 Å². The Morgan fingerprint density at radius 3 is 2.21 bits per heavy atom. The van der Waals surface area contributed by atoms with Crippen molar-refractivity contribution in [3.05, 3.63) is 59.7 Å². The van der Waals surface area contributed by atoms with Gasteiger partial charge in [-0.3, -0.25) is 9.59 Å². The molecule has 8 nitrogen and oxygen atoms in total. The molecule has 1 fully saturated rings. The molecule has 2 aromatic carbocycles. The van der Waals surface area contributed by atoms with Gasteiger partial charge in [0.2, 0.25) is 0 Å². The summed E-state index contributed by atoms with van der Waals surface area (Å²) in [7, 11) is 0. The standard InChI is InChI=1S/C28H34F3N3O5/c1-2-3-19-6-12-23(13-7-19)34(27(38)33-22-10-14-24(15-11-22)39-28(29,30)31)18-20-4-8-21(9-5-20)26(37)32-17-16-25(35)36/h4-5,8-11,14-15,19,23H,2-3,6-7,12-13,16-18H2,1H3,(H,32,37)(H,33,38)(H,35,36). The average molecular weight is 550 g/mol. The van der Waals surface area contributed by atoms with E-state index in [-0.39, 0.29) is 43.2 Å². The molecule has 0 saturated heterocycles. The normalized spacial score (nSPS) is 17.2. The molecule has 0 unspecified atom stereocenters. The first-order valence-electron chi connectivity index (χ1n) is 13.1. The van der Waals surface area contributed by atoms with E-state index in [1.54, 1.807) is 29.2 Å². The Morgan fingerprint density at radius 1 is 1.00 bits per heavy atom. The minimum atomic E-state index is -4.80. The maximum atomic E-state index is 13.4. The van der Waals surface area contributed by atoms with E-state index >= 15 is 0 Å². The Kier molecular flexibility index (Phi) is 10.6. The molecule has 11 heteroatoms. The van der Waals surface area contributed by atoms with Gasteiger partial charge in [-0.05, 0) is 73.6 Å². The number of ether oxygens (including phenoxy) is 1. The molecule has 3 rings (SSSR count). The van der Waals surface area contributed by atoms with Crippen LogP contribution in [0.1, 0.15) is 67.8 Å². The Bertz CT molecular complexity index is 1100. The summed E-state index contributed by atoms with van der Waals surface area (Å²) in [5.74, 6) is -1.13. The molecule has 1 aliphatic carbocycles. The van der Waals surface area contributed by atoms with E-state index in [2.05, 4.69) is 22.3 Å². The number of carbonyl (C=O) groups is 3. The van der Waals surface area contributed by atoms with Gasteiger partial charge in [-0.2, -0.15) is 0 Å². The first-order valence-corrected chi connectivity index (χ1v) is 13.1. The maximum absolute atomic E-state index is 13.4. The van der Waals surface area contributed by atoms with Crippen molar-refractivity contribution in [2.75, 3.05) is 11.9 Å². The number of urea groups is 1. The predicted octanol–water partition coefficient (Wildman–Crippen LogP) is 6.18. The van der Waals surface area contributed by atoms with E-state index in [0.717, 1.165) is 56.2 Å². The monoisotopic (exact) mass is 549 g/mol. The van der Waals surface area contributed by atoms with Crippen LogP contribution in [0.25, 0.3) is 0 Å². The number of amides is 3. The zero-order valence-corrected chi connectivity index (χ0v) is 21.8. The minimum absolute atomic E-state index is 0.00932. The fourth-order valence-corrected chi connectivity index (χ4v) is 4.80. The average Bonchev–Trinajstić information content (AvgIpc) is 2.88. The van der Waals surface area contributed by atoms with E-state index < -0.39 is 12.3 Å². The number of carbonyl (C=O) groups excluding carboxylic acids is 2. The van der Waals surface area contributed by atoms with Crippen LogP contribution < -0.4 is 15.4 Å². The number of carboxylic acids is 1. The van der Waals surface area contributed by atoms with Crippen molar-refractivity contribution < 1.29 is 37.4 Å². The Balaban J connectivity index is 1.69. The molecule has 3 N–H and O–H groups in total. The third-order valence-electron chi connectivity index (χ3n) is 6.75. The van der Waals surface area contributed by atoms with Gasteiger partial charge in [0.15, 0.2) is 0 Å². The highest BCUT2D eigenvalue weighted by molar-refractivity contribution is 5.94. The SMILES string of the molecule is CCCC1CCC(N(Cc2ccc(C(=O)NCCC(=O)O)cc2)C(=O)Nc2ccc(OC(F)(F)F)cc2)CC1. The van der Waals surface area contributed by atoms with Crippen molar-refractivity contribution in [2.24, 2.45) is 5.92 Å². The molecule has 3 amide bonds. The highest BCUT2D eigenvalue weighted by atomic mass is 19.4. The summed E-state index contributed by atoms with van der Waals surface area (Å²) >= 11 is 0. The molecule has 2 aromatic rings. The van der Waals surface area contributed by atoms with Crippen molar-refractivity contribution in [1.29, 1.82) is 0 Å². The molecule has 1 saturated carbocycles. The number of hydrogen-bond donors (Lipinski definition) is 3. The van der Waals surface area contributed by atoms with Gasteiger partial charge in [0, 0.05) is 30.4 Å². The van der Waals surface area contributed by atoms with Gasteiger partial charge in [0.25, 0.3) is 5.91 Å². The van der Waals surface area contributed by atoms with Gasteiger partial charge >= 0.3 is 18.4 Å². The van der Waals surface area contributed by atoms with E-state index in [1.807, 2.05) is 0 Å². The van der Waals surface area contributed by atoms with Crippen LogP contribution in [0.15, 0.2) is 48.5 Å². The summed E-state index contributed by atoms with van der Waals surface area (Å²) in [6.45, 7) is 2.46. The number of carboxylic acid groups (broad SMARTS) is 1. The van der Waals surface area contributed by atoms with Gasteiger partial charge in [0.1, 0.15) is 5.75 Å². The third kappa shape index (κ3) is 9.81. The van der Waals surface area contributed by atoms with E-state index in [4.69, 9.17) is 5.11 Å². The second-order valence-corrected chi connectivity index (χ2v) is 9.69. The van der Waals surface area contributed by atoms with Crippen LogP contribution in [0.3, 0.4) is 0 Å². The number of anilines is 1. The molecule has 212 valence electrons. The molecule has 0 spiro atoms. The number of benzene rings is 2. The largest absolute Gasteiger partial charge is 0.573 e. The Morgan fingerprint density at radius 2 is 1.64 bits per heavy atom. The number of nitrogens with zero attached hydrogens (tertiary/aromatic N) is 1. The fourth-order valence-electron chi connectivity index (χ4n) is 4.80. The van der Waals surface area contributed by atoms with Crippen LogP contribution in [0.5, 0.6) is 5.75 Å². The minimum Gasteiger partial charge on any atom is -0.481 e. The fraction of sp³-hybridized carbons (Fsp3) is 0.464. The molecule has 0 aliphatic heterocycles. The van der Waals surface area contributed by atoms with Gasteiger partial charge < -0.3 is 25.4 Å². The van der Waals surface area contributed by atoms with Gasteiger partial charge in [-0.1, -0.05) is 31.9 Å². The van der Waals surface area contributed by atoms with Crippen LogP contribution in [0.4, 0.5) is 23.7 Å². The molecule has 0 bridgehead atoms. The summed E-state index contributed by atoms with van der Waals surface area (Å²) in [6, 6.07) is 11.4. The molecular formula is C28H34F3N3O5. The van der Waals surface area contributed by atoms with Gasteiger partial charge in [0.05, 0.1) is 6.42 Å². The lowest BCUT2D eigenvalue weighted by atomic mass is 9.83. The van der Waals surface area contributed by atoms with Crippen molar-refractivity contribution in [3.63, 3.8) is 0 Å². The molecule has 1 aliphatic rings. The second-order valence-electron chi connectivity index (χ2n) is 9.69. The quantitative estimate of drug-likeness (QED) is 0.310. The molecule has 0 atom stereocenters. The van der Waals surface area contributed by atoms with E-state index in [1.165, 1.54) is 12.1 Å². The molecule has 0 aromatic heterocycles. The first kappa shape index (κ1) is 29.8. The van der Waals surface area contributed by atoms with Crippen LogP contribution in [-0.2, 0) is 11.3 Å². The third-order valence-corrected chi connectivity index (χ3v) is 6.75. The summed E-state index contributed by atoms with van der Waals surface area (Å²) in [6.07, 6.45) is 1.02. The van der Waals surface area contributed by atoms with Crippen LogP contribution in [0, 0.1) is 5.92 Å². The van der Waals surface area contributed by atoms with Crippen molar-refractivity contribution in [1.82, 2.24) is 10.2 Å². The Labute approximate surface area is 225 Å². The maximum Gasteiger partial charge on any atom is 0.573 e. The number of alkyl halides is 3. The lowest BCUT2D eigenvalue weighted by Gasteiger charge is -2.37. The van der Waals surface area contributed by atoms with E-state index in [9.17, 15) is 27.6 Å². The van der Waals surface area contributed by atoms with Crippen LogP contribution in [-0.4, -0.2) is 46.9 Å². The topological polar surface area (TPSA) is 108 Å². The molecular weight excluding hydrogens is 515 g/mol. The lowest BCUT2D eigenvalue weighted by Crippen LogP contribution is -2.44. The van der Waals surface area contributed by atoms with Crippen LogP contribution in [0.2, 0.25) is 0 Å². The Hall–Kier alpha value is -3.76. The lowest BCUT2D eigenvalue weighted by molar-refractivity contribution is -0.274. The summed E-state index contributed by atoms with van der Waals surface area (Å²) in [4.78, 5) is 38.0. The number of halogens is 3. The number of rotatable bonds is 11. The summed E-state index contributed by atoms with van der Waals surface area (Å²) in [5, 5.41) is 14.1. The highest BCUT2D eigenvalue weighted by Gasteiger charge is 2.31. The van der Waals surface area contributed by atoms with Crippen molar-refractivity contribution >= 4 is 23.6 Å². The molecule has 0 heterocycles. The number of hydrogen-bond acceptors (Lipinski definition) is 4. The van der Waals surface area contributed by atoms with Crippen molar-refractivity contribution in [2.45, 2.75) is 70.8 Å². The zero-order chi connectivity index (χ0) is 28.4. The van der Waals surface area contributed by atoms with Gasteiger partial charge in [-0.15, -0.1) is 13.2 Å². The predicted molar refractivity (Wildman–Crippen MR) is 139 cm³/mol. The highest BCUT2D eigenvalue weighted by Crippen LogP contribution is 2.32. The molecule has 39 heavy (non-hydrogen) atoms. The molecule has 0 radical (unpaired) electrons. The second kappa shape index (κ2) is 13.9. The first-order chi connectivity index (χ1) is 18.5. The van der Waals surface area contributed by atoms with Crippen LogP contribution >= 0.6 is 0 Å². The summed E-state index contributed by atoms with van der Waals surface area (Å²) in [5.41, 5.74) is 1.52. The summed E-state index contributed by atoms with van der Waals surface area (Å²) < 4.78 is 41.3.